The van der Waals surface area contributed by atoms with Gasteiger partial charge < -0.3 is 10.1 Å². The first-order chi connectivity index (χ1) is 9.79. The molecule has 2 aromatic rings. The first-order valence-electron chi connectivity index (χ1n) is 6.50. The molecule has 112 valence electrons. The van der Waals surface area contributed by atoms with Gasteiger partial charge in [-0.1, -0.05) is 20.8 Å². The summed E-state index contributed by atoms with van der Waals surface area (Å²) < 4.78 is 19.7. The lowest BCUT2D eigenvalue weighted by molar-refractivity contribution is 0.440. The molecule has 0 atom stereocenters. The lowest BCUT2D eigenvalue weighted by Gasteiger charge is -2.18. The summed E-state index contributed by atoms with van der Waals surface area (Å²) >= 11 is 3.33. The molecule has 2 rings (SSSR count). The minimum atomic E-state index is -0.368. The maximum Gasteiger partial charge on any atom is 0.224 e. The zero-order valence-electron chi connectivity index (χ0n) is 12.4. The summed E-state index contributed by atoms with van der Waals surface area (Å²) in [6.45, 7) is 6.05. The molecule has 1 heterocycles. The van der Waals surface area contributed by atoms with E-state index in [2.05, 4.69) is 31.2 Å². The monoisotopic (exact) mass is 353 g/mol. The fraction of sp³-hybridized carbons (Fsp3) is 0.333. The molecular formula is C15H17BrFN3O. The lowest BCUT2D eigenvalue weighted by Crippen LogP contribution is -2.17. The molecule has 0 unspecified atom stereocenters. The Bertz CT molecular complexity index is 656. The van der Waals surface area contributed by atoms with E-state index in [1.54, 1.807) is 19.2 Å². The predicted octanol–water partition coefficient (Wildman–Crippen LogP) is 4.51. The number of anilines is 1. The van der Waals surface area contributed by atoms with Crippen LogP contribution in [0.1, 0.15) is 26.6 Å². The zero-order valence-corrected chi connectivity index (χ0v) is 14.0. The van der Waals surface area contributed by atoms with E-state index < -0.39 is 0 Å². The van der Waals surface area contributed by atoms with Crippen molar-refractivity contribution in [2.75, 3.05) is 12.4 Å². The van der Waals surface area contributed by atoms with Crippen LogP contribution in [0.2, 0.25) is 0 Å². The number of benzene rings is 1. The highest BCUT2D eigenvalue weighted by atomic mass is 79.9. The average molecular weight is 354 g/mol. The maximum absolute atomic E-state index is 13.3. The van der Waals surface area contributed by atoms with Gasteiger partial charge >= 0.3 is 0 Å². The molecular weight excluding hydrogens is 337 g/mol. The van der Waals surface area contributed by atoms with Gasteiger partial charge in [-0.05, 0) is 28.1 Å². The van der Waals surface area contributed by atoms with Crippen molar-refractivity contribution >= 4 is 21.7 Å². The second-order valence-electron chi connectivity index (χ2n) is 5.59. The highest BCUT2D eigenvalue weighted by Gasteiger charge is 2.20. The topological polar surface area (TPSA) is 47.0 Å². The van der Waals surface area contributed by atoms with Crippen molar-refractivity contribution in [3.8, 4) is 11.6 Å². The van der Waals surface area contributed by atoms with Crippen LogP contribution in [0.3, 0.4) is 0 Å². The van der Waals surface area contributed by atoms with Crippen LogP contribution in [0.15, 0.2) is 28.7 Å². The molecule has 0 bridgehead atoms. The minimum Gasteiger partial charge on any atom is -0.438 e. The Labute approximate surface area is 131 Å². The van der Waals surface area contributed by atoms with Gasteiger partial charge in [0.05, 0.1) is 4.47 Å². The molecule has 0 saturated heterocycles. The third-order valence-electron chi connectivity index (χ3n) is 2.74. The van der Waals surface area contributed by atoms with Crippen LogP contribution >= 0.6 is 15.9 Å². The number of aromatic nitrogens is 2. The summed E-state index contributed by atoms with van der Waals surface area (Å²) in [7, 11) is 1.77. The number of hydrogen-bond acceptors (Lipinski definition) is 4. The van der Waals surface area contributed by atoms with Crippen molar-refractivity contribution in [1.29, 1.82) is 0 Å². The van der Waals surface area contributed by atoms with Crippen molar-refractivity contribution < 1.29 is 9.13 Å². The molecule has 0 aliphatic heterocycles. The van der Waals surface area contributed by atoms with Crippen LogP contribution in [0, 0.1) is 5.82 Å². The van der Waals surface area contributed by atoms with Gasteiger partial charge in [-0.15, -0.1) is 0 Å². The van der Waals surface area contributed by atoms with E-state index in [1.807, 2.05) is 20.8 Å². The molecule has 0 spiro atoms. The van der Waals surface area contributed by atoms with Crippen molar-refractivity contribution in [3.63, 3.8) is 0 Å². The molecule has 0 aliphatic rings. The minimum absolute atomic E-state index is 0.218. The van der Waals surface area contributed by atoms with Crippen LogP contribution < -0.4 is 10.1 Å². The maximum atomic E-state index is 13.3. The smallest absolute Gasteiger partial charge is 0.224 e. The number of nitrogens with zero attached hydrogens (tertiary/aromatic N) is 2. The molecule has 1 aromatic carbocycles. The number of rotatable bonds is 3. The average Bonchev–Trinajstić information content (AvgIpc) is 2.41. The number of nitrogens with one attached hydrogen (secondary N) is 1. The molecule has 0 aliphatic carbocycles. The van der Waals surface area contributed by atoms with E-state index >= 15 is 0 Å². The third kappa shape index (κ3) is 3.91. The predicted molar refractivity (Wildman–Crippen MR) is 84.5 cm³/mol. The van der Waals surface area contributed by atoms with Gasteiger partial charge in [0, 0.05) is 24.6 Å². The van der Waals surface area contributed by atoms with Crippen LogP contribution in [0.4, 0.5) is 10.2 Å². The highest BCUT2D eigenvalue weighted by molar-refractivity contribution is 9.10. The van der Waals surface area contributed by atoms with Crippen molar-refractivity contribution in [2.24, 2.45) is 0 Å². The van der Waals surface area contributed by atoms with Crippen molar-refractivity contribution in [1.82, 2.24) is 9.97 Å². The summed E-state index contributed by atoms with van der Waals surface area (Å²) in [4.78, 5) is 8.82. The number of halogens is 2. The fourth-order valence-corrected chi connectivity index (χ4v) is 1.94. The van der Waals surface area contributed by atoms with E-state index in [1.165, 1.54) is 12.1 Å². The molecule has 0 saturated carbocycles. The molecule has 21 heavy (non-hydrogen) atoms. The lowest BCUT2D eigenvalue weighted by atomic mass is 9.96. The molecule has 1 aromatic heterocycles. The van der Waals surface area contributed by atoms with Gasteiger partial charge in [-0.2, -0.15) is 4.98 Å². The SMILES string of the molecule is CNc1cc(Oc2cc(F)ccc2Br)nc(C(C)(C)C)n1. The Kier molecular flexibility index (Phi) is 4.46. The first-order valence-corrected chi connectivity index (χ1v) is 7.29. The Morgan fingerprint density at radius 2 is 1.90 bits per heavy atom. The van der Waals surface area contributed by atoms with Gasteiger partial charge in [0.15, 0.2) is 0 Å². The number of ether oxygens (including phenoxy) is 1. The second-order valence-corrected chi connectivity index (χ2v) is 6.45. The Hall–Kier alpha value is -1.69. The molecule has 0 fully saturated rings. The van der Waals surface area contributed by atoms with E-state index in [9.17, 15) is 4.39 Å². The van der Waals surface area contributed by atoms with Gasteiger partial charge in [-0.25, -0.2) is 9.37 Å². The summed E-state index contributed by atoms with van der Waals surface area (Å²) in [6.07, 6.45) is 0. The Morgan fingerprint density at radius 3 is 2.52 bits per heavy atom. The summed E-state index contributed by atoms with van der Waals surface area (Å²) in [6, 6.07) is 5.93. The van der Waals surface area contributed by atoms with Crippen LogP contribution in [-0.2, 0) is 5.41 Å². The quantitative estimate of drug-likeness (QED) is 0.881. The standard InChI is InChI=1S/C15H17BrFN3O/c1-15(2,3)14-19-12(18-4)8-13(20-14)21-11-7-9(17)5-6-10(11)16/h5-8H,1-4H3,(H,18,19,20). The molecule has 6 heteroatoms. The first kappa shape index (κ1) is 15.7. The molecule has 1 N–H and O–H groups in total. The second kappa shape index (κ2) is 5.97. The Balaban J connectivity index is 2.42. The van der Waals surface area contributed by atoms with Gasteiger partial charge in [0.2, 0.25) is 5.88 Å². The van der Waals surface area contributed by atoms with E-state index in [0.717, 1.165) is 0 Å². The van der Waals surface area contributed by atoms with Crippen molar-refractivity contribution in [3.05, 3.63) is 40.4 Å². The van der Waals surface area contributed by atoms with E-state index in [4.69, 9.17) is 4.74 Å². The van der Waals surface area contributed by atoms with Crippen LogP contribution in [-0.4, -0.2) is 17.0 Å². The highest BCUT2D eigenvalue weighted by Crippen LogP contribution is 2.31. The third-order valence-corrected chi connectivity index (χ3v) is 3.39. The van der Waals surface area contributed by atoms with E-state index in [0.29, 0.717) is 27.7 Å². The largest absolute Gasteiger partial charge is 0.438 e. The fourth-order valence-electron chi connectivity index (χ4n) is 1.61. The van der Waals surface area contributed by atoms with Crippen LogP contribution in [0.5, 0.6) is 11.6 Å². The van der Waals surface area contributed by atoms with Crippen molar-refractivity contribution in [2.45, 2.75) is 26.2 Å². The summed E-state index contributed by atoms with van der Waals surface area (Å²) in [5.41, 5.74) is -0.218. The summed E-state index contributed by atoms with van der Waals surface area (Å²) in [5, 5.41) is 2.97. The number of hydrogen-bond donors (Lipinski definition) is 1. The van der Waals surface area contributed by atoms with Gasteiger partial charge in [0.25, 0.3) is 0 Å². The van der Waals surface area contributed by atoms with Gasteiger partial charge in [0.1, 0.15) is 23.2 Å². The molecule has 0 amide bonds. The van der Waals surface area contributed by atoms with E-state index in [-0.39, 0.29) is 11.2 Å². The van der Waals surface area contributed by atoms with Crippen LogP contribution in [0.25, 0.3) is 0 Å². The summed E-state index contributed by atoms with van der Waals surface area (Å²) in [5.74, 6) is 1.67. The molecule has 4 nitrogen and oxygen atoms in total. The Morgan fingerprint density at radius 1 is 1.19 bits per heavy atom. The molecule has 0 radical (unpaired) electrons. The van der Waals surface area contributed by atoms with Gasteiger partial charge in [-0.3, -0.25) is 0 Å². The normalized spacial score (nSPS) is 11.3. The zero-order chi connectivity index (χ0) is 15.6.